The number of carboxylic acids is 1. The maximum Gasteiger partial charge on any atom is 0.348 e. The molecule has 0 saturated heterocycles. The third kappa shape index (κ3) is 6.69. The summed E-state index contributed by atoms with van der Waals surface area (Å²) in [6.45, 7) is 7.23. The van der Waals surface area contributed by atoms with Gasteiger partial charge in [0, 0.05) is 30.3 Å². The predicted octanol–water partition coefficient (Wildman–Crippen LogP) is 6.55. The van der Waals surface area contributed by atoms with Gasteiger partial charge < -0.3 is 15.1 Å². The van der Waals surface area contributed by atoms with Crippen LogP contribution in [0.15, 0.2) is 12.1 Å². The Morgan fingerprint density at radius 2 is 1.73 bits per heavy atom. The summed E-state index contributed by atoms with van der Waals surface area (Å²) >= 11 is 1.36. The number of allylic oxidation sites excluding steroid dienone is 2. The SMILES string of the molecule is CC.CC1CCC(CN(c2cc(C3=CCC(=O)CC3)sc2C(=O)O)C2CCC(O)CC2)CC1. The molecular weight excluding hydrogens is 434 g/mol. The van der Waals surface area contributed by atoms with Gasteiger partial charge in [0.15, 0.2) is 0 Å². The van der Waals surface area contributed by atoms with Crippen molar-refractivity contribution in [1.29, 1.82) is 0 Å². The van der Waals surface area contributed by atoms with Crippen LogP contribution in [0.4, 0.5) is 5.69 Å². The van der Waals surface area contributed by atoms with Crippen molar-refractivity contribution in [3.05, 3.63) is 21.9 Å². The minimum Gasteiger partial charge on any atom is -0.477 e. The zero-order valence-electron chi connectivity index (χ0n) is 20.5. The van der Waals surface area contributed by atoms with E-state index in [1.807, 2.05) is 19.9 Å². The predicted molar refractivity (Wildman–Crippen MR) is 136 cm³/mol. The zero-order valence-corrected chi connectivity index (χ0v) is 21.3. The van der Waals surface area contributed by atoms with Crippen LogP contribution in [0.2, 0.25) is 0 Å². The summed E-state index contributed by atoms with van der Waals surface area (Å²) in [7, 11) is 0. The first kappa shape index (κ1) is 26.0. The first-order valence-corrected chi connectivity index (χ1v) is 13.7. The molecule has 1 aromatic heterocycles. The number of rotatable bonds is 6. The molecule has 5 nitrogen and oxygen atoms in total. The fourth-order valence-corrected chi connectivity index (χ4v) is 6.52. The third-order valence-corrected chi connectivity index (χ3v) is 8.67. The Balaban J connectivity index is 0.00000149. The van der Waals surface area contributed by atoms with E-state index >= 15 is 0 Å². The molecule has 2 saturated carbocycles. The van der Waals surface area contributed by atoms with E-state index < -0.39 is 5.97 Å². The van der Waals surface area contributed by atoms with E-state index in [9.17, 15) is 19.8 Å². The number of carboxylic acid groups (broad SMARTS) is 1. The molecule has 6 heteroatoms. The van der Waals surface area contributed by atoms with Gasteiger partial charge in [-0.2, -0.15) is 0 Å². The maximum absolute atomic E-state index is 12.2. The van der Waals surface area contributed by atoms with E-state index in [2.05, 4.69) is 17.9 Å². The number of hydrogen-bond acceptors (Lipinski definition) is 5. The number of aliphatic hydroxyl groups is 1. The second-order valence-electron chi connectivity index (χ2n) is 9.84. The van der Waals surface area contributed by atoms with Gasteiger partial charge in [-0.05, 0) is 68.4 Å². The Morgan fingerprint density at radius 1 is 1.06 bits per heavy atom. The molecule has 3 aliphatic rings. The number of aromatic carboxylic acids is 1. The van der Waals surface area contributed by atoms with Crippen LogP contribution in [0.3, 0.4) is 0 Å². The second kappa shape index (κ2) is 12.2. The van der Waals surface area contributed by atoms with Crippen molar-refractivity contribution < 1.29 is 19.8 Å². The molecule has 0 amide bonds. The van der Waals surface area contributed by atoms with Gasteiger partial charge in [0.1, 0.15) is 10.7 Å². The number of ketones is 1. The van der Waals surface area contributed by atoms with Crippen molar-refractivity contribution in [1.82, 2.24) is 0 Å². The van der Waals surface area contributed by atoms with E-state index in [0.29, 0.717) is 30.1 Å². The Kier molecular flexibility index (Phi) is 9.57. The van der Waals surface area contributed by atoms with E-state index in [1.54, 1.807) is 0 Å². The first-order chi connectivity index (χ1) is 15.9. The molecule has 0 bridgehead atoms. The Hall–Kier alpha value is -1.66. The number of hydrogen-bond donors (Lipinski definition) is 2. The topological polar surface area (TPSA) is 77.8 Å². The molecule has 2 fully saturated rings. The van der Waals surface area contributed by atoms with Crippen molar-refractivity contribution in [3.8, 4) is 0 Å². The van der Waals surface area contributed by atoms with Crippen LogP contribution in [0.5, 0.6) is 0 Å². The van der Waals surface area contributed by atoms with Crippen LogP contribution in [-0.2, 0) is 4.79 Å². The lowest BCUT2D eigenvalue weighted by molar-refractivity contribution is -0.118. The molecule has 0 radical (unpaired) electrons. The molecule has 0 unspecified atom stereocenters. The summed E-state index contributed by atoms with van der Waals surface area (Å²) in [4.78, 5) is 27.7. The monoisotopic (exact) mass is 475 g/mol. The highest BCUT2D eigenvalue weighted by molar-refractivity contribution is 7.15. The number of carbonyl (C=O) groups is 2. The summed E-state index contributed by atoms with van der Waals surface area (Å²) in [6.07, 6.45) is 11.8. The molecule has 0 aromatic carbocycles. The van der Waals surface area contributed by atoms with Crippen LogP contribution in [0.1, 0.15) is 106 Å². The molecule has 0 spiro atoms. The van der Waals surface area contributed by atoms with Crippen LogP contribution in [-0.4, -0.2) is 40.7 Å². The van der Waals surface area contributed by atoms with Crippen LogP contribution >= 0.6 is 11.3 Å². The van der Waals surface area contributed by atoms with E-state index in [1.165, 1.54) is 37.0 Å². The number of anilines is 1. The number of aliphatic hydroxyl groups excluding tert-OH is 1. The number of nitrogens with zero attached hydrogens (tertiary/aromatic N) is 1. The average Bonchev–Trinajstić information content (AvgIpc) is 3.27. The van der Waals surface area contributed by atoms with Gasteiger partial charge in [0.25, 0.3) is 0 Å². The van der Waals surface area contributed by atoms with E-state index in [4.69, 9.17) is 0 Å². The molecule has 1 heterocycles. The minimum absolute atomic E-state index is 0.226. The van der Waals surface area contributed by atoms with Crippen molar-refractivity contribution in [2.75, 3.05) is 11.4 Å². The van der Waals surface area contributed by atoms with Gasteiger partial charge >= 0.3 is 5.97 Å². The fourth-order valence-electron chi connectivity index (χ4n) is 5.45. The molecule has 1 aromatic rings. The van der Waals surface area contributed by atoms with Gasteiger partial charge in [-0.3, -0.25) is 4.79 Å². The van der Waals surface area contributed by atoms with Crippen LogP contribution in [0, 0.1) is 11.8 Å². The molecule has 0 atom stereocenters. The largest absolute Gasteiger partial charge is 0.477 e. The Labute approximate surface area is 202 Å². The maximum atomic E-state index is 12.2. The number of carbonyl (C=O) groups excluding carboxylic acids is 1. The number of Topliss-reactive ketones (excluding diaryl/α,β-unsaturated/α-hetero) is 1. The smallest absolute Gasteiger partial charge is 0.348 e. The van der Waals surface area contributed by atoms with Gasteiger partial charge in [0.2, 0.25) is 0 Å². The molecule has 4 rings (SSSR count). The second-order valence-corrected chi connectivity index (χ2v) is 10.9. The molecule has 0 aliphatic heterocycles. The lowest BCUT2D eigenvalue weighted by Crippen LogP contribution is -2.43. The quantitative estimate of drug-likeness (QED) is 0.488. The summed E-state index contributed by atoms with van der Waals surface area (Å²) < 4.78 is 0. The molecule has 2 N–H and O–H groups in total. The lowest BCUT2D eigenvalue weighted by atomic mass is 9.82. The van der Waals surface area contributed by atoms with E-state index in [-0.39, 0.29) is 17.9 Å². The summed E-state index contributed by atoms with van der Waals surface area (Å²) in [5.74, 6) is 0.780. The first-order valence-electron chi connectivity index (χ1n) is 12.9. The van der Waals surface area contributed by atoms with E-state index in [0.717, 1.165) is 54.3 Å². The van der Waals surface area contributed by atoms with Gasteiger partial charge in [-0.25, -0.2) is 4.79 Å². The zero-order chi connectivity index (χ0) is 24.0. The summed E-state index contributed by atoms with van der Waals surface area (Å²) in [6, 6.07) is 2.36. The molecule has 184 valence electrons. The van der Waals surface area contributed by atoms with Crippen molar-refractivity contribution in [2.24, 2.45) is 11.8 Å². The third-order valence-electron chi connectivity index (χ3n) is 7.48. The Bertz CT molecular complexity index is 829. The highest BCUT2D eigenvalue weighted by atomic mass is 32.1. The Morgan fingerprint density at radius 3 is 2.30 bits per heavy atom. The summed E-state index contributed by atoms with van der Waals surface area (Å²) in [5.41, 5.74) is 1.97. The van der Waals surface area contributed by atoms with Crippen molar-refractivity contribution in [2.45, 2.75) is 104 Å². The average molecular weight is 476 g/mol. The van der Waals surface area contributed by atoms with Gasteiger partial charge in [-0.15, -0.1) is 11.3 Å². The van der Waals surface area contributed by atoms with Crippen LogP contribution < -0.4 is 4.90 Å². The van der Waals surface area contributed by atoms with Crippen molar-refractivity contribution in [3.63, 3.8) is 0 Å². The fraction of sp³-hybridized carbons (Fsp3) is 0.704. The molecular formula is C27H41NO4S. The van der Waals surface area contributed by atoms with Crippen LogP contribution in [0.25, 0.3) is 5.57 Å². The molecule has 3 aliphatic carbocycles. The highest BCUT2D eigenvalue weighted by Crippen LogP contribution is 2.41. The normalized spacial score (nSPS) is 27.9. The van der Waals surface area contributed by atoms with Gasteiger partial charge in [0.05, 0.1) is 11.8 Å². The lowest BCUT2D eigenvalue weighted by Gasteiger charge is -2.40. The minimum atomic E-state index is -0.864. The molecule has 33 heavy (non-hydrogen) atoms. The summed E-state index contributed by atoms with van der Waals surface area (Å²) in [5, 5.41) is 20.0. The van der Waals surface area contributed by atoms with Crippen molar-refractivity contribution >= 4 is 34.3 Å². The number of thiophene rings is 1. The highest BCUT2D eigenvalue weighted by Gasteiger charge is 2.32. The standard InChI is InChI=1S/C25H35NO4S.C2H6/c1-16-2-4-17(5-3-16)15-26(19-8-12-21(28)13-9-19)22-14-23(31-24(22)25(29)30)18-6-10-20(27)11-7-18;1-2/h6,14,16-17,19,21,28H,2-5,7-13,15H2,1H3,(H,29,30);1-2H3. The van der Waals surface area contributed by atoms with Gasteiger partial charge in [-0.1, -0.05) is 39.7 Å².